The third-order valence-corrected chi connectivity index (χ3v) is 4.99. The summed E-state index contributed by atoms with van der Waals surface area (Å²) in [6.45, 7) is -0.401. The van der Waals surface area contributed by atoms with Crippen LogP contribution in [0.3, 0.4) is 0 Å². The average Bonchev–Trinajstić information content (AvgIpc) is 3.07. The number of carbonyl (C=O) groups excluding carboxylic acids is 3. The van der Waals surface area contributed by atoms with Crippen LogP contribution in [0.15, 0.2) is 30.3 Å². The number of carbonyl (C=O) groups is 3. The molecule has 0 radical (unpaired) electrons. The molecule has 1 aliphatic heterocycles. The Bertz CT molecular complexity index is 1050. The largest absolute Gasteiger partial charge is 0.342 e. The maximum Gasteiger partial charge on any atom is 0.286 e. The van der Waals surface area contributed by atoms with Gasteiger partial charge >= 0.3 is 0 Å². The molecule has 3 aromatic rings. The minimum atomic E-state index is -0.622. The van der Waals surface area contributed by atoms with Gasteiger partial charge in [0.05, 0.1) is 15.6 Å². The molecule has 3 amide bonds. The quantitative estimate of drug-likeness (QED) is 0.626. The summed E-state index contributed by atoms with van der Waals surface area (Å²) in [6, 6.07) is 6.73. The molecule has 0 atom stereocenters. The molecule has 3 heterocycles. The minimum absolute atomic E-state index is 0.0618. The van der Waals surface area contributed by atoms with E-state index in [0.29, 0.717) is 4.34 Å². The Morgan fingerprint density at radius 2 is 2.08 bits per heavy atom. The number of hydrogen-bond donors (Lipinski definition) is 3. The summed E-state index contributed by atoms with van der Waals surface area (Å²) in [5.41, 5.74) is 2.77. The molecule has 0 aliphatic carbocycles. The number of hydrazine groups is 1. The van der Waals surface area contributed by atoms with Gasteiger partial charge in [0.15, 0.2) is 0 Å². The molecule has 1 aliphatic rings. The van der Waals surface area contributed by atoms with Crippen molar-refractivity contribution in [1.29, 1.82) is 0 Å². The van der Waals surface area contributed by atoms with E-state index < -0.39 is 30.1 Å². The number of nitrogens with one attached hydrogen (secondary N) is 3. The fourth-order valence-electron chi connectivity index (χ4n) is 2.64. The number of H-pyrrole nitrogens is 1. The Hall–Kier alpha value is -2.91. The van der Waals surface area contributed by atoms with Crippen molar-refractivity contribution in [3.8, 4) is 0 Å². The van der Waals surface area contributed by atoms with Crippen molar-refractivity contribution < 1.29 is 18.8 Å². The minimum Gasteiger partial charge on any atom is -0.342 e. The van der Waals surface area contributed by atoms with Crippen molar-refractivity contribution in [2.24, 2.45) is 0 Å². The van der Waals surface area contributed by atoms with E-state index >= 15 is 0 Å². The van der Waals surface area contributed by atoms with E-state index in [0.717, 1.165) is 27.4 Å². The smallest absolute Gasteiger partial charge is 0.286 e. The number of halogens is 2. The topological polar surface area (TPSA) is 94.3 Å². The predicted molar refractivity (Wildman–Crippen MR) is 94.7 cm³/mol. The van der Waals surface area contributed by atoms with Gasteiger partial charge in [-0.3, -0.25) is 19.8 Å². The van der Waals surface area contributed by atoms with Gasteiger partial charge in [0, 0.05) is 5.39 Å². The molecular formula is C16H10ClFN4O3S. The Labute approximate surface area is 154 Å². The molecule has 132 valence electrons. The monoisotopic (exact) mass is 392 g/mol. The molecule has 26 heavy (non-hydrogen) atoms. The first-order valence-corrected chi connectivity index (χ1v) is 8.60. The summed E-state index contributed by atoms with van der Waals surface area (Å²) in [5.74, 6) is -2.35. The molecule has 0 bridgehead atoms. The molecule has 3 N–H and O–H groups in total. The Morgan fingerprint density at radius 3 is 2.85 bits per heavy atom. The van der Waals surface area contributed by atoms with Gasteiger partial charge in [-0.15, -0.1) is 11.3 Å². The van der Waals surface area contributed by atoms with Gasteiger partial charge < -0.3 is 10.3 Å². The number of aromatic nitrogens is 1. The lowest BCUT2D eigenvalue weighted by Gasteiger charge is -2.20. The van der Waals surface area contributed by atoms with Crippen LogP contribution in [-0.2, 0) is 4.79 Å². The second-order valence-corrected chi connectivity index (χ2v) is 7.27. The normalized spacial score (nSPS) is 14.2. The van der Waals surface area contributed by atoms with E-state index in [1.165, 1.54) is 17.4 Å². The van der Waals surface area contributed by atoms with Gasteiger partial charge in [0.25, 0.3) is 11.8 Å². The number of rotatable bonds is 2. The fraction of sp³-hybridized carbons (Fsp3) is 0.0625. The van der Waals surface area contributed by atoms with E-state index in [2.05, 4.69) is 15.7 Å². The van der Waals surface area contributed by atoms with Crippen LogP contribution in [0.1, 0.15) is 20.8 Å². The first-order chi connectivity index (χ1) is 12.4. The summed E-state index contributed by atoms with van der Waals surface area (Å²) in [7, 11) is 0. The van der Waals surface area contributed by atoms with Crippen molar-refractivity contribution in [3.05, 3.63) is 51.7 Å². The molecular weight excluding hydrogens is 383 g/mol. The highest BCUT2D eigenvalue weighted by molar-refractivity contribution is 7.22. The number of amides is 3. The van der Waals surface area contributed by atoms with Crippen LogP contribution in [0.5, 0.6) is 0 Å². The summed E-state index contributed by atoms with van der Waals surface area (Å²) in [4.78, 5) is 40.6. The highest BCUT2D eigenvalue weighted by Crippen LogP contribution is 2.29. The lowest BCUT2D eigenvalue weighted by molar-refractivity contribution is -0.117. The van der Waals surface area contributed by atoms with Gasteiger partial charge in [0.2, 0.25) is 5.91 Å². The number of benzene rings is 1. The average molecular weight is 393 g/mol. The molecule has 0 unspecified atom stereocenters. The second-order valence-electron chi connectivity index (χ2n) is 5.59. The van der Waals surface area contributed by atoms with E-state index in [1.807, 2.05) is 0 Å². The Balaban J connectivity index is 1.60. The highest BCUT2D eigenvalue weighted by Gasteiger charge is 2.28. The number of thiophene rings is 1. The van der Waals surface area contributed by atoms with Crippen molar-refractivity contribution >= 4 is 56.6 Å². The van der Waals surface area contributed by atoms with Crippen LogP contribution < -0.4 is 10.7 Å². The lowest BCUT2D eigenvalue weighted by Crippen LogP contribution is -2.48. The molecule has 7 nitrogen and oxygen atoms in total. The van der Waals surface area contributed by atoms with Gasteiger partial charge in [-0.25, -0.2) is 9.40 Å². The summed E-state index contributed by atoms with van der Waals surface area (Å²) >= 11 is 7.18. The summed E-state index contributed by atoms with van der Waals surface area (Å²) in [5, 5.41) is 4.11. The highest BCUT2D eigenvalue weighted by atomic mass is 35.5. The van der Waals surface area contributed by atoms with Crippen molar-refractivity contribution in [1.82, 2.24) is 15.4 Å². The molecule has 0 fully saturated rings. The van der Waals surface area contributed by atoms with Crippen molar-refractivity contribution in [2.75, 3.05) is 11.9 Å². The third-order valence-electron chi connectivity index (χ3n) is 3.79. The lowest BCUT2D eigenvalue weighted by atomic mass is 10.1. The second kappa shape index (κ2) is 6.11. The zero-order valence-corrected chi connectivity index (χ0v) is 14.5. The van der Waals surface area contributed by atoms with E-state index in [4.69, 9.17) is 11.6 Å². The van der Waals surface area contributed by atoms with Gasteiger partial charge in [-0.1, -0.05) is 11.6 Å². The van der Waals surface area contributed by atoms with Crippen LogP contribution in [0, 0.1) is 5.82 Å². The number of nitrogens with zero attached hydrogens (tertiary/aromatic N) is 1. The maximum absolute atomic E-state index is 13.4. The third kappa shape index (κ3) is 2.91. The summed E-state index contributed by atoms with van der Waals surface area (Å²) < 4.78 is 13.9. The zero-order chi connectivity index (χ0) is 18.4. The maximum atomic E-state index is 13.4. The van der Waals surface area contributed by atoms with Crippen LogP contribution in [0.25, 0.3) is 10.2 Å². The van der Waals surface area contributed by atoms with Gasteiger partial charge in [-0.05, 0) is 30.3 Å². The van der Waals surface area contributed by atoms with E-state index in [9.17, 15) is 18.8 Å². The Morgan fingerprint density at radius 1 is 1.27 bits per heavy atom. The fourth-order valence-corrected chi connectivity index (χ4v) is 3.77. The van der Waals surface area contributed by atoms with Crippen LogP contribution in [-0.4, -0.2) is 34.3 Å². The molecule has 1 aromatic carbocycles. The number of aromatic amines is 1. The first kappa shape index (κ1) is 16.6. The molecule has 0 saturated heterocycles. The van der Waals surface area contributed by atoms with Crippen LogP contribution in [0.2, 0.25) is 4.34 Å². The van der Waals surface area contributed by atoms with Gasteiger partial charge in [-0.2, -0.15) is 0 Å². The SMILES string of the molecule is O=C1CN(NC(=O)c2cc3cc(Cl)sc3[nH]2)C(=O)c2ccc(F)cc2N1. The standard InChI is InChI=1S/C16H10ClFN4O3S/c17-12-4-7-3-11(20-15(7)26-12)14(24)21-22-6-13(23)19-10-5-8(18)1-2-9(10)16(22)25/h1-5,20H,6H2,(H,19,23)(H,21,24). The number of anilines is 1. The number of hydrogen-bond acceptors (Lipinski definition) is 4. The summed E-state index contributed by atoms with van der Waals surface area (Å²) in [6.07, 6.45) is 0. The molecule has 0 spiro atoms. The molecule has 0 saturated carbocycles. The number of fused-ring (bicyclic) bond motifs is 2. The van der Waals surface area contributed by atoms with Gasteiger partial charge in [0.1, 0.15) is 22.9 Å². The van der Waals surface area contributed by atoms with Crippen molar-refractivity contribution in [3.63, 3.8) is 0 Å². The van der Waals surface area contributed by atoms with E-state index in [1.54, 1.807) is 12.1 Å². The van der Waals surface area contributed by atoms with Crippen LogP contribution >= 0.6 is 22.9 Å². The molecule has 10 heteroatoms. The van der Waals surface area contributed by atoms with E-state index in [-0.39, 0.29) is 16.9 Å². The van der Waals surface area contributed by atoms with Crippen LogP contribution in [0.4, 0.5) is 10.1 Å². The Kier molecular flexibility index (Phi) is 3.89. The molecule has 2 aromatic heterocycles. The van der Waals surface area contributed by atoms with Crippen molar-refractivity contribution in [2.45, 2.75) is 0 Å². The predicted octanol–water partition coefficient (Wildman–Crippen LogP) is 2.76. The zero-order valence-electron chi connectivity index (χ0n) is 12.9. The first-order valence-electron chi connectivity index (χ1n) is 7.41. The molecule has 4 rings (SSSR count).